The first-order valence-corrected chi connectivity index (χ1v) is 10.2. The van der Waals surface area contributed by atoms with Crippen molar-refractivity contribution in [1.29, 1.82) is 0 Å². The lowest BCUT2D eigenvalue weighted by molar-refractivity contribution is 0.174. The summed E-state index contributed by atoms with van der Waals surface area (Å²) >= 11 is 1.52. The molecule has 2 aliphatic heterocycles. The number of thiophene rings is 1. The van der Waals surface area contributed by atoms with E-state index >= 15 is 0 Å². The monoisotopic (exact) mass is 409 g/mol. The number of anilines is 2. The Morgan fingerprint density at radius 3 is 2.62 bits per heavy atom. The summed E-state index contributed by atoms with van der Waals surface area (Å²) in [6.07, 6.45) is 0. The predicted molar refractivity (Wildman–Crippen MR) is 111 cm³/mol. The third-order valence-electron chi connectivity index (χ3n) is 4.96. The fourth-order valence-electron chi connectivity index (χ4n) is 3.38. The molecule has 1 fully saturated rings. The zero-order valence-electron chi connectivity index (χ0n) is 15.6. The molecule has 0 radical (unpaired) electrons. The standard InChI is InChI=1S/C20H19N5O3S/c26-20(21-19-2-1-11-29-19)25-9-7-24(8-10-25)18-6-4-15(22-23-18)14-3-5-16-17(12-14)28-13-27-16/h1-6,11-12H,7-10,13H2,(H,21,26). The molecule has 0 atom stereocenters. The van der Waals surface area contributed by atoms with Gasteiger partial charge in [-0.15, -0.1) is 21.5 Å². The van der Waals surface area contributed by atoms with E-state index in [1.165, 1.54) is 11.3 Å². The van der Waals surface area contributed by atoms with Gasteiger partial charge in [0.05, 0.1) is 10.7 Å². The summed E-state index contributed by atoms with van der Waals surface area (Å²) in [7, 11) is 0. The van der Waals surface area contributed by atoms with Gasteiger partial charge in [0.15, 0.2) is 17.3 Å². The molecule has 8 nitrogen and oxygen atoms in total. The van der Waals surface area contributed by atoms with Crippen LogP contribution in [0.4, 0.5) is 15.6 Å². The Balaban J connectivity index is 1.21. The second-order valence-corrected chi connectivity index (χ2v) is 7.67. The number of hydrogen-bond acceptors (Lipinski definition) is 7. The van der Waals surface area contributed by atoms with Crippen molar-refractivity contribution in [3.63, 3.8) is 0 Å². The lowest BCUT2D eigenvalue weighted by Crippen LogP contribution is -2.50. The van der Waals surface area contributed by atoms with E-state index in [-0.39, 0.29) is 12.8 Å². The van der Waals surface area contributed by atoms with Crippen LogP contribution in [0.5, 0.6) is 11.5 Å². The Hall–Kier alpha value is -3.33. The molecule has 2 aromatic heterocycles. The van der Waals surface area contributed by atoms with Crippen molar-refractivity contribution < 1.29 is 14.3 Å². The van der Waals surface area contributed by atoms with Crippen LogP contribution in [0.1, 0.15) is 0 Å². The number of rotatable bonds is 3. The molecule has 0 unspecified atom stereocenters. The molecule has 9 heteroatoms. The van der Waals surface area contributed by atoms with Gasteiger partial charge in [0, 0.05) is 31.7 Å². The van der Waals surface area contributed by atoms with E-state index in [0.29, 0.717) is 13.1 Å². The fraction of sp³-hybridized carbons (Fsp3) is 0.250. The predicted octanol–water partition coefficient (Wildman–Crippen LogP) is 3.29. The maximum atomic E-state index is 12.3. The fourth-order valence-corrected chi connectivity index (χ4v) is 3.98. The van der Waals surface area contributed by atoms with Crippen LogP contribution < -0.4 is 19.7 Å². The van der Waals surface area contributed by atoms with Crippen LogP contribution in [-0.4, -0.2) is 54.1 Å². The van der Waals surface area contributed by atoms with Gasteiger partial charge >= 0.3 is 6.03 Å². The van der Waals surface area contributed by atoms with E-state index in [1.807, 2.05) is 52.7 Å². The van der Waals surface area contributed by atoms with Crippen molar-refractivity contribution in [3.05, 3.63) is 47.8 Å². The number of fused-ring (bicyclic) bond motifs is 1. The molecular weight excluding hydrogens is 390 g/mol. The Morgan fingerprint density at radius 1 is 1.00 bits per heavy atom. The highest BCUT2D eigenvalue weighted by molar-refractivity contribution is 7.14. The molecule has 1 N–H and O–H groups in total. The van der Waals surface area contributed by atoms with Crippen LogP contribution >= 0.6 is 11.3 Å². The van der Waals surface area contributed by atoms with Gasteiger partial charge in [-0.2, -0.15) is 0 Å². The molecule has 1 aromatic carbocycles. The van der Waals surface area contributed by atoms with Gasteiger partial charge in [0.1, 0.15) is 0 Å². The molecule has 29 heavy (non-hydrogen) atoms. The Morgan fingerprint density at radius 2 is 1.86 bits per heavy atom. The van der Waals surface area contributed by atoms with Gasteiger partial charge in [-0.1, -0.05) is 0 Å². The molecule has 4 heterocycles. The highest BCUT2D eigenvalue weighted by atomic mass is 32.1. The van der Waals surface area contributed by atoms with Crippen molar-refractivity contribution >= 4 is 28.2 Å². The number of carbonyl (C=O) groups excluding carboxylic acids is 1. The minimum atomic E-state index is -0.0589. The first kappa shape index (κ1) is 17.7. The van der Waals surface area contributed by atoms with Gasteiger partial charge in [0.25, 0.3) is 0 Å². The molecule has 3 aromatic rings. The molecule has 5 rings (SSSR count). The van der Waals surface area contributed by atoms with Crippen molar-refractivity contribution in [2.24, 2.45) is 0 Å². The molecule has 2 aliphatic rings. The van der Waals surface area contributed by atoms with Gasteiger partial charge in [0.2, 0.25) is 6.79 Å². The number of nitrogens with zero attached hydrogens (tertiary/aromatic N) is 4. The Kier molecular flexibility index (Phi) is 4.65. The average Bonchev–Trinajstić information content (AvgIpc) is 3.45. The highest BCUT2D eigenvalue weighted by Gasteiger charge is 2.22. The van der Waals surface area contributed by atoms with Crippen LogP contribution in [0.3, 0.4) is 0 Å². The van der Waals surface area contributed by atoms with Gasteiger partial charge in [-0.25, -0.2) is 4.79 Å². The SMILES string of the molecule is O=C(Nc1cccs1)N1CCN(c2ccc(-c3ccc4c(c3)OCO4)nn2)CC1. The second kappa shape index (κ2) is 7.59. The van der Waals surface area contributed by atoms with Crippen LogP contribution in [0.25, 0.3) is 11.3 Å². The number of nitrogens with one attached hydrogen (secondary N) is 1. The number of ether oxygens (including phenoxy) is 2. The quantitative estimate of drug-likeness (QED) is 0.715. The lowest BCUT2D eigenvalue weighted by Gasteiger charge is -2.35. The van der Waals surface area contributed by atoms with E-state index in [4.69, 9.17) is 9.47 Å². The third-order valence-corrected chi connectivity index (χ3v) is 5.75. The van der Waals surface area contributed by atoms with E-state index < -0.39 is 0 Å². The minimum Gasteiger partial charge on any atom is -0.454 e. The van der Waals surface area contributed by atoms with E-state index in [2.05, 4.69) is 20.4 Å². The third kappa shape index (κ3) is 3.68. The summed E-state index contributed by atoms with van der Waals surface area (Å²) in [5, 5.41) is 14.5. The average molecular weight is 409 g/mol. The molecule has 0 aliphatic carbocycles. The smallest absolute Gasteiger partial charge is 0.322 e. The van der Waals surface area contributed by atoms with E-state index in [1.54, 1.807) is 0 Å². The Bertz CT molecular complexity index is 1000. The number of piperazine rings is 1. The molecular formula is C20H19N5O3S. The molecule has 0 bridgehead atoms. The number of amides is 2. The minimum absolute atomic E-state index is 0.0589. The molecule has 2 amide bonds. The second-order valence-electron chi connectivity index (χ2n) is 6.73. The van der Waals surface area contributed by atoms with Crippen molar-refractivity contribution in [2.45, 2.75) is 0 Å². The lowest BCUT2D eigenvalue weighted by atomic mass is 10.1. The van der Waals surface area contributed by atoms with Crippen LogP contribution in [-0.2, 0) is 0 Å². The highest BCUT2D eigenvalue weighted by Crippen LogP contribution is 2.35. The zero-order valence-corrected chi connectivity index (χ0v) is 16.4. The number of urea groups is 1. The maximum Gasteiger partial charge on any atom is 0.322 e. The topological polar surface area (TPSA) is 79.8 Å². The maximum absolute atomic E-state index is 12.3. The van der Waals surface area contributed by atoms with Gasteiger partial charge in [-0.3, -0.25) is 5.32 Å². The summed E-state index contributed by atoms with van der Waals surface area (Å²) in [5.41, 5.74) is 1.71. The first-order valence-electron chi connectivity index (χ1n) is 9.34. The Labute approximate surface area is 171 Å². The number of hydrogen-bond donors (Lipinski definition) is 1. The zero-order chi connectivity index (χ0) is 19.6. The normalized spacial score (nSPS) is 15.4. The van der Waals surface area contributed by atoms with Crippen LogP contribution in [0, 0.1) is 0 Å². The summed E-state index contributed by atoms with van der Waals surface area (Å²) in [6.45, 7) is 2.97. The molecule has 0 spiro atoms. The van der Waals surface area contributed by atoms with Crippen molar-refractivity contribution in [1.82, 2.24) is 15.1 Å². The van der Waals surface area contributed by atoms with Crippen molar-refractivity contribution in [3.8, 4) is 22.8 Å². The largest absolute Gasteiger partial charge is 0.454 e. The van der Waals surface area contributed by atoms with Gasteiger partial charge in [-0.05, 0) is 47.8 Å². The number of aromatic nitrogens is 2. The first-order chi connectivity index (χ1) is 14.3. The van der Waals surface area contributed by atoms with Crippen LogP contribution in [0.15, 0.2) is 47.8 Å². The molecule has 1 saturated heterocycles. The van der Waals surface area contributed by atoms with Crippen LogP contribution in [0.2, 0.25) is 0 Å². The summed E-state index contributed by atoms with van der Waals surface area (Å²) in [6, 6.07) is 13.4. The summed E-state index contributed by atoms with van der Waals surface area (Å²) < 4.78 is 10.8. The van der Waals surface area contributed by atoms with E-state index in [0.717, 1.165) is 46.7 Å². The molecule has 0 saturated carbocycles. The van der Waals surface area contributed by atoms with E-state index in [9.17, 15) is 4.79 Å². The molecule has 148 valence electrons. The van der Waals surface area contributed by atoms with Gasteiger partial charge < -0.3 is 19.3 Å². The summed E-state index contributed by atoms with van der Waals surface area (Å²) in [5.74, 6) is 2.29. The summed E-state index contributed by atoms with van der Waals surface area (Å²) in [4.78, 5) is 16.3. The number of carbonyl (C=O) groups is 1. The van der Waals surface area contributed by atoms with Crippen molar-refractivity contribution in [2.75, 3.05) is 43.2 Å². The number of benzene rings is 1.